The number of aryl methyl sites for hydroxylation is 1. The molecule has 1 aromatic heterocycles. The van der Waals surface area contributed by atoms with Crippen molar-refractivity contribution in [1.29, 1.82) is 0 Å². The lowest BCUT2D eigenvalue weighted by molar-refractivity contribution is -0.00791. The first-order valence-electron chi connectivity index (χ1n) is 8.76. The summed E-state index contributed by atoms with van der Waals surface area (Å²) >= 11 is 0. The summed E-state index contributed by atoms with van der Waals surface area (Å²) in [5.41, 5.74) is 3.53. The van der Waals surface area contributed by atoms with E-state index in [1.807, 2.05) is 6.20 Å². The van der Waals surface area contributed by atoms with Crippen molar-refractivity contribution in [2.75, 3.05) is 19.6 Å². The minimum absolute atomic E-state index is 0.342. The highest BCUT2D eigenvalue weighted by molar-refractivity contribution is 5.59. The van der Waals surface area contributed by atoms with Crippen LogP contribution in [0.5, 0.6) is 5.75 Å². The fraction of sp³-hybridized carbons (Fsp3) is 0.450. The summed E-state index contributed by atoms with van der Waals surface area (Å²) in [5, 5.41) is 0. The fourth-order valence-electron chi connectivity index (χ4n) is 3.75. The van der Waals surface area contributed by atoms with Gasteiger partial charge in [0.15, 0.2) is 0 Å². The van der Waals surface area contributed by atoms with Crippen molar-refractivity contribution in [2.45, 2.75) is 32.3 Å². The number of ether oxygens (including phenoxy) is 1. The number of nitrogens with zero attached hydrogens (tertiary/aromatic N) is 2. The predicted octanol–water partition coefficient (Wildman–Crippen LogP) is 3.78. The summed E-state index contributed by atoms with van der Waals surface area (Å²) in [7, 11) is 0. The smallest absolute Gasteiger partial charge is 0.138 e. The highest BCUT2D eigenvalue weighted by atomic mass is 16.5. The van der Waals surface area contributed by atoms with Crippen molar-refractivity contribution in [1.82, 2.24) is 9.88 Å². The Labute approximate surface area is 138 Å². The Morgan fingerprint density at radius 3 is 2.43 bits per heavy atom. The van der Waals surface area contributed by atoms with Crippen LogP contribution in [0.3, 0.4) is 0 Å². The maximum atomic E-state index is 6.21. The number of hydrogen-bond donors (Lipinski definition) is 0. The van der Waals surface area contributed by atoms with Gasteiger partial charge in [-0.15, -0.1) is 0 Å². The molecule has 3 nitrogen and oxygen atoms in total. The van der Waals surface area contributed by atoms with Crippen LogP contribution >= 0.6 is 0 Å². The van der Waals surface area contributed by atoms with Crippen molar-refractivity contribution in [3.8, 4) is 17.0 Å². The van der Waals surface area contributed by atoms with E-state index in [0.29, 0.717) is 6.10 Å². The van der Waals surface area contributed by atoms with Crippen molar-refractivity contribution < 1.29 is 4.74 Å². The first-order chi connectivity index (χ1) is 11.3. The average molecular weight is 308 g/mol. The molecule has 23 heavy (non-hydrogen) atoms. The average Bonchev–Trinajstić information content (AvgIpc) is 2.63. The third-order valence-electron chi connectivity index (χ3n) is 5.28. The Balaban J connectivity index is 1.45. The number of hydrogen-bond acceptors (Lipinski definition) is 3. The third kappa shape index (κ3) is 3.11. The van der Waals surface area contributed by atoms with Gasteiger partial charge >= 0.3 is 0 Å². The van der Waals surface area contributed by atoms with Crippen molar-refractivity contribution in [2.24, 2.45) is 5.92 Å². The van der Waals surface area contributed by atoms with Gasteiger partial charge in [-0.25, -0.2) is 0 Å². The molecule has 2 bridgehead atoms. The number of pyridine rings is 1. The zero-order chi connectivity index (χ0) is 15.6. The molecule has 1 atom stereocenters. The molecule has 3 saturated heterocycles. The maximum Gasteiger partial charge on any atom is 0.138 e. The summed E-state index contributed by atoms with van der Waals surface area (Å²) in [5.74, 6) is 1.62. The topological polar surface area (TPSA) is 25.4 Å². The summed E-state index contributed by atoms with van der Waals surface area (Å²) in [6, 6.07) is 12.8. The van der Waals surface area contributed by atoms with Crippen molar-refractivity contribution >= 4 is 0 Å². The van der Waals surface area contributed by atoms with Gasteiger partial charge in [0.25, 0.3) is 0 Å². The molecular formula is C20H24N2O. The number of rotatable bonds is 4. The van der Waals surface area contributed by atoms with E-state index < -0.39 is 0 Å². The van der Waals surface area contributed by atoms with Crippen LogP contribution in [0.25, 0.3) is 11.3 Å². The molecular weight excluding hydrogens is 284 g/mol. The molecule has 0 aliphatic carbocycles. The van der Waals surface area contributed by atoms with Crippen LogP contribution in [0.2, 0.25) is 0 Å². The Kier molecular flexibility index (Phi) is 4.04. The molecule has 4 heterocycles. The molecule has 0 saturated carbocycles. The molecule has 0 spiro atoms. The molecule has 0 radical (unpaired) electrons. The van der Waals surface area contributed by atoms with Gasteiger partial charge in [0.2, 0.25) is 0 Å². The first-order valence-corrected chi connectivity index (χ1v) is 8.76. The number of piperidine rings is 3. The normalized spacial score (nSPS) is 26.2. The van der Waals surface area contributed by atoms with E-state index in [1.54, 1.807) is 0 Å². The van der Waals surface area contributed by atoms with Crippen LogP contribution in [0.4, 0.5) is 0 Å². The molecule has 3 aliphatic heterocycles. The van der Waals surface area contributed by atoms with E-state index in [-0.39, 0.29) is 0 Å². The highest BCUT2D eigenvalue weighted by Gasteiger charge is 2.35. The van der Waals surface area contributed by atoms with Gasteiger partial charge in [-0.1, -0.05) is 31.2 Å². The van der Waals surface area contributed by atoms with Crippen LogP contribution in [0.15, 0.2) is 42.6 Å². The minimum atomic E-state index is 0.342. The van der Waals surface area contributed by atoms with E-state index in [9.17, 15) is 0 Å². The van der Waals surface area contributed by atoms with E-state index in [2.05, 4.69) is 53.2 Å². The van der Waals surface area contributed by atoms with Gasteiger partial charge in [0.05, 0.1) is 11.9 Å². The SMILES string of the molecule is CCc1ccc(-c2ccc(OC3CN4CCC3CC4)cn2)cc1. The Morgan fingerprint density at radius 2 is 1.87 bits per heavy atom. The zero-order valence-electron chi connectivity index (χ0n) is 13.7. The molecule has 120 valence electrons. The largest absolute Gasteiger partial charge is 0.487 e. The molecule has 1 aromatic carbocycles. The molecule has 0 N–H and O–H groups in total. The summed E-state index contributed by atoms with van der Waals surface area (Å²) in [4.78, 5) is 7.11. The van der Waals surface area contributed by atoms with E-state index in [0.717, 1.165) is 35.9 Å². The van der Waals surface area contributed by atoms with E-state index in [4.69, 9.17) is 4.74 Å². The quantitative estimate of drug-likeness (QED) is 0.859. The van der Waals surface area contributed by atoms with Gasteiger partial charge in [-0.3, -0.25) is 9.88 Å². The molecule has 5 rings (SSSR count). The molecule has 3 heteroatoms. The second kappa shape index (κ2) is 6.32. The summed E-state index contributed by atoms with van der Waals surface area (Å²) in [6.07, 6.45) is 5.84. The first kappa shape index (κ1) is 14.7. The van der Waals surface area contributed by atoms with Crippen molar-refractivity contribution in [3.63, 3.8) is 0 Å². The molecule has 0 amide bonds. The van der Waals surface area contributed by atoms with Crippen molar-refractivity contribution in [3.05, 3.63) is 48.2 Å². The van der Waals surface area contributed by atoms with Gasteiger partial charge in [0.1, 0.15) is 11.9 Å². The number of aromatic nitrogens is 1. The highest BCUT2D eigenvalue weighted by Crippen LogP contribution is 2.31. The summed E-state index contributed by atoms with van der Waals surface area (Å²) in [6.45, 7) is 5.74. The monoisotopic (exact) mass is 308 g/mol. The fourth-order valence-corrected chi connectivity index (χ4v) is 3.75. The lowest BCUT2D eigenvalue weighted by Crippen LogP contribution is -2.52. The van der Waals surface area contributed by atoms with Gasteiger partial charge < -0.3 is 4.74 Å². The van der Waals surface area contributed by atoms with Crippen LogP contribution < -0.4 is 4.74 Å². The molecule has 3 aliphatic rings. The van der Waals surface area contributed by atoms with Crippen LogP contribution in [0, 0.1) is 5.92 Å². The Hall–Kier alpha value is -1.87. The molecule has 3 fully saturated rings. The van der Waals surface area contributed by atoms with E-state index >= 15 is 0 Å². The second-order valence-corrected chi connectivity index (χ2v) is 6.72. The van der Waals surface area contributed by atoms with Gasteiger partial charge in [0, 0.05) is 12.1 Å². The van der Waals surface area contributed by atoms with Gasteiger partial charge in [-0.05, 0) is 56.0 Å². The Bertz CT molecular complexity index is 642. The summed E-state index contributed by atoms with van der Waals surface area (Å²) < 4.78 is 6.21. The lowest BCUT2D eigenvalue weighted by Gasteiger charge is -2.44. The van der Waals surface area contributed by atoms with Crippen LogP contribution in [0.1, 0.15) is 25.3 Å². The van der Waals surface area contributed by atoms with Crippen LogP contribution in [-0.4, -0.2) is 35.6 Å². The van der Waals surface area contributed by atoms with Gasteiger partial charge in [-0.2, -0.15) is 0 Å². The lowest BCUT2D eigenvalue weighted by atomic mass is 9.86. The maximum absolute atomic E-state index is 6.21. The Morgan fingerprint density at radius 1 is 1.09 bits per heavy atom. The van der Waals surface area contributed by atoms with Crippen LogP contribution in [-0.2, 0) is 6.42 Å². The molecule has 1 unspecified atom stereocenters. The predicted molar refractivity (Wildman–Crippen MR) is 92.6 cm³/mol. The number of benzene rings is 1. The minimum Gasteiger partial charge on any atom is -0.487 e. The molecule has 2 aromatic rings. The van der Waals surface area contributed by atoms with E-state index in [1.165, 1.54) is 31.5 Å². The third-order valence-corrected chi connectivity index (χ3v) is 5.28. The standard InChI is InChI=1S/C20H24N2O/c1-2-15-3-5-16(6-4-15)19-8-7-18(13-21-19)23-20-14-22-11-9-17(20)10-12-22/h3-8,13,17,20H,2,9-12,14H2,1H3. The zero-order valence-corrected chi connectivity index (χ0v) is 13.7. The number of fused-ring (bicyclic) bond motifs is 3. The second-order valence-electron chi connectivity index (χ2n) is 6.72.